The van der Waals surface area contributed by atoms with Gasteiger partial charge in [-0.1, -0.05) is 0 Å². The van der Waals surface area contributed by atoms with Crippen LogP contribution in [0, 0.1) is 12.3 Å². The number of terminal acetylenes is 1. The highest BCUT2D eigenvalue weighted by Crippen LogP contribution is 2.28. The van der Waals surface area contributed by atoms with Crippen LogP contribution in [0.15, 0.2) is 24.5 Å². The minimum absolute atomic E-state index is 0.0350. The quantitative estimate of drug-likeness (QED) is 0.805. The van der Waals surface area contributed by atoms with E-state index in [1.807, 2.05) is 6.07 Å². The van der Waals surface area contributed by atoms with Crippen LogP contribution in [0.1, 0.15) is 35.3 Å². The summed E-state index contributed by atoms with van der Waals surface area (Å²) in [6, 6.07) is 4.86. The number of nitrogens with zero attached hydrogens (tertiary/aromatic N) is 2. The Balaban J connectivity index is 1.55. The number of rotatable bonds is 2. The molecule has 2 fully saturated rings. The molecule has 0 aliphatic carbocycles. The molecule has 0 radical (unpaired) electrons. The molecular formula is C16H16N4O. The van der Waals surface area contributed by atoms with Gasteiger partial charge in [0.2, 0.25) is 0 Å². The minimum Gasteiger partial charge on any atom is -0.348 e. The lowest BCUT2D eigenvalue weighted by molar-refractivity contribution is 0.0930. The number of nitrogens with one attached hydrogen (secondary N) is 2. The van der Waals surface area contributed by atoms with E-state index in [0.717, 1.165) is 18.5 Å². The summed E-state index contributed by atoms with van der Waals surface area (Å²) in [5.74, 6) is 2.47. The van der Waals surface area contributed by atoms with Gasteiger partial charge in [0.15, 0.2) is 0 Å². The van der Waals surface area contributed by atoms with Gasteiger partial charge in [0, 0.05) is 30.5 Å². The zero-order chi connectivity index (χ0) is 14.4. The van der Waals surface area contributed by atoms with Crippen LogP contribution in [-0.4, -0.2) is 33.4 Å². The lowest BCUT2D eigenvalue weighted by Gasteiger charge is -2.21. The van der Waals surface area contributed by atoms with Gasteiger partial charge >= 0.3 is 0 Å². The average Bonchev–Trinajstić information content (AvgIpc) is 3.20. The van der Waals surface area contributed by atoms with Crippen LogP contribution in [0.5, 0.6) is 0 Å². The Labute approximate surface area is 122 Å². The van der Waals surface area contributed by atoms with Gasteiger partial charge in [-0.15, -0.1) is 6.42 Å². The lowest BCUT2D eigenvalue weighted by Crippen LogP contribution is -2.42. The maximum atomic E-state index is 12.4. The number of amides is 1. The Morgan fingerprint density at radius 3 is 3.05 bits per heavy atom. The predicted octanol–water partition coefficient (Wildman–Crippen LogP) is 0.938. The summed E-state index contributed by atoms with van der Waals surface area (Å²) in [6.07, 6.45) is 12.3. The van der Waals surface area contributed by atoms with Gasteiger partial charge in [-0.05, 0) is 37.3 Å². The van der Waals surface area contributed by atoms with Crippen molar-refractivity contribution in [3.8, 4) is 12.3 Å². The van der Waals surface area contributed by atoms with E-state index in [2.05, 4.69) is 21.5 Å². The Hall–Kier alpha value is -2.32. The highest BCUT2D eigenvalue weighted by atomic mass is 16.1. The van der Waals surface area contributed by atoms with Crippen LogP contribution in [0.25, 0.3) is 5.65 Å². The first-order valence-corrected chi connectivity index (χ1v) is 7.25. The summed E-state index contributed by atoms with van der Waals surface area (Å²) in [5.41, 5.74) is 1.96. The van der Waals surface area contributed by atoms with Crippen molar-refractivity contribution in [3.63, 3.8) is 0 Å². The average molecular weight is 280 g/mol. The standard InChI is InChI=1S/C16H16N4O/c1-2-11-9-20-8-10(3-6-15(20)18-11)16(21)19-14-7-12-4-5-13(14)17-12/h1,3,6,8-9,12-14,17H,4-5,7H2,(H,19,21)/t12-,13+,14-/m1/s1. The molecule has 2 aromatic heterocycles. The van der Waals surface area contributed by atoms with Crippen LogP contribution in [0.3, 0.4) is 0 Å². The summed E-state index contributed by atoms with van der Waals surface area (Å²) in [4.78, 5) is 16.6. The Morgan fingerprint density at radius 1 is 1.43 bits per heavy atom. The number of imidazole rings is 1. The summed E-state index contributed by atoms with van der Waals surface area (Å²) in [6.45, 7) is 0. The fraction of sp³-hybridized carbons (Fsp3) is 0.375. The fourth-order valence-corrected chi connectivity index (χ4v) is 3.43. The van der Waals surface area contributed by atoms with Gasteiger partial charge < -0.3 is 15.0 Å². The zero-order valence-electron chi connectivity index (χ0n) is 11.5. The Kier molecular flexibility index (Phi) is 2.72. The van der Waals surface area contributed by atoms with Gasteiger partial charge in [-0.3, -0.25) is 4.79 Å². The van der Waals surface area contributed by atoms with Crippen LogP contribution in [-0.2, 0) is 0 Å². The van der Waals surface area contributed by atoms with E-state index in [1.54, 1.807) is 22.9 Å². The molecule has 3 atom stereocenters. The molecule has 4 heterocycles. The number of hydrogen-bond donors (Lipinski definition) is 2. The maximum Gasteiger partial charge on any atom is 0.253 e. The lowest BCUT2D eigenvalue weighted by atomic mass is 9.95. The van der Waals surface area contributed by atoms with E-state index in [1.165, 1.54) is 6.42 Å². The van der Waals surface area contributed by atoms with E-state index >= 15 is 0 Å². The Morgan fingerprint density at radius 2 is 2.33 bits per heavy atom. The third kappa shape index (κ3) is 2.08. The molecule has 2 saturated heterocycles. The van der Waals surface area contributed by atoms with Crippen LogP contribution >= 0.6 is 0 Å². The van der Waals surface area contributed by atoms with Gasteiger partial charge in [0.25, 0.3) is 5.91 Å². The van der Waals surface area contributed by atoms with Crippen molar-refractivity contribution in [2.75, 3.05) is 0 Å². The first-order chi connectivity index (χ1) is 10.2. The predicted molar refractivity (Wildman–Crippen MR) is 78.9 cm³/mol. The summed E-state index contributed by atoms with van der Waals surface area (Å²) in [5, 5.41) is 6.66. The zero-order valence-corrected chi connectivity index (χ0v) is 11.5. The van der Waals surface area contributed by atoms with Crippen LogP contribution < -0.4 is 10.6 Å². The molecule has 5 heteroatoms. The second-order valence-electron chi connectivity index (χ2n) is 5.82. The van der Waals surface area contributed by atoms with Crippen molar-refractivity contribution in [1.29, 1.82) is 0 Å². The van der Waals surface area contributed by atoms with Gasteiger partial charge in [0.05, 0.1) is 5.56 Å². The molecule has 2 bridgehead atoms. The largest absolute Gasteiger partial charge is 0.348 e. The smallest absolute Gasteiger partial charge is 0.253 e. The topological polar surface area (TPSA) is 58.4 Å². The summed E-state index contributed by atoms with van der Waals surface area (Å²) < 4.78 is 1.79. The van der Waals surface area contributed by atoms with Crippen LogP contribution in [0.4, 0.5) is 0 Å². The molecule has 0 aromatic carbocycles. The third-order valence-electron chi connectivity index (χ3n) is 4.48. The van der Waals surface area contributed by atoms with Crippen molar-refractivity contribution < 1.29 is 4.79 Å². The van der Waals surface area contributed by atoms with E-state index in [9.17, 15) is 4.79 Å². The van der Waals surface area contributed by atoms with Gasteiger partial charge in [-0.2, -0.15) is 0 Å². The molecule has 2 N–H and O–H groups in total. The van der Waals surface area contributed by atoms with Gasteiger partial charge in [-0.25, -0.2) is 4.98 Å². The molecule has 0 spiro atoms. The number of carbonyl (C=O) groups is 1. The molecule has 21 heavy (non-hydrogen) atoms. The number of carbonyl (C=O) groups excluding carboxylic acids is 1. The number of pyridine rings is 1. The van der Waals surface area contributed by atoms with E-state index in [-0.39, 0.29) is 11.9 Å². The molecule has 4 rings (SSSR count). The van der Waals surface area contributed by atoms with Crippen LogP contribution in [0.2, 0.25) is 0 Å². The monoisotopic (exact) mass is 280 g/mol. The maximum absolute atomic E-state index is 12.4. The number of fused-ring (bicyclic) bond motifs is 3. The molecule has 2 aliphatic rings. The number of aromatic nitrogens is 2. The molecule has 106 valence electrons. The molecule has 1 amide bonds. The Bertz CT molecular complexity index is 757. The summed E-state index contributed by atoms with van der Waals surface area (Å²) in [7, 11) is 0. The fourth-order valence-electron chi connectivity index (χ4n) is 3.43. The van der Waals surface area contributed by atoms with Crippen molar-refractivity contribution in [2.24, 2.45) is 0 Å². The molecule has 2 aromatic rings. The molecule has 2 aliphatic heterocycles. The van der Waals surface area contributed by atoms with E-state index in [0.29, 0.717) is 23.3 Å². The van der Waals surface area contributed by atoms with E-state index < -0.39 is 0 Å². The second kappa shape index (κ2) is 4.61. The third-order valence-corrected chi connectivity index (χ3v) is 4.48. The molecule has 0 saturated carbocycles. The van der Waals surface area contributed by atoms with Crippen molar-refractivity contribution >= 4 is 11.6 Å². The normalized spacial score (nSPS) is 26.9. The van der Waals surface area contributed by atoms with Crippen molar-refractivity contribution in [3.05, 3.63) is 35.8 Å². The van der Waals surface area contributed by atoms with Crippen molar-refractivity contribution in [2.45, 2.75) is 37.4 Å². The number of hydrogen-bond acceptors (Lipinski definition) is 3. The minimum atomic E-state index is -0.0350. The van der Waals surface area contributed by atoms with E-state index in [4.69, 9.17) is 6.42 Å². The highest BCUT2D eigenvalue weighted by Gasteiger charge is 2.39. The first-order valence-electron chi connectivity index (χ1n) is 7.25. The highest BCUT2D eigenvalue weighted by molar-refractivity contribution is 5.94. The molecular weight excluding hydrogens is 264 g/mol. The second-order valence-corrected chi connectivity index (χ2v) is 5.82. The molecule has 5 nitrogen and oxygen atoms in total. The SMILES string of the molecule is C#Cc1cn2cc(C(=O)N[C@@H]3C[C@H]4CC[C@@H]3N4)ccc2n1. The summed E-state index contributed by atoms with van der Waals surface area (Å²) >= 11 is 0. The van der Waals surface area contributed by atoms with Crippen molar-refractivity contribution in [1.82, 2.24) is 20.0 Å². The molecule has 0 unspecified atom stereocenters. The van der Waals surface area contributed by atoms with Gasteiger partial charge in [0.1, 0.15) is 11.3 Å². The first kappa shape index (κ1) is 12.4.